The van der Waals surface area contributed by atoms with E-state index in [-0.39, 0.29) is 17.9 Å². The fourth-order valence-electron chi connectivity index (χ4n) is 2.15. The van der Waals surface area contributed by atoms with Gasteiger partial charge in [0.15, 0.2) is 5.78 Å². The predicted molar refractivity (Wildman–Crippen MR) is 78.2 cm³/mol. The van der Waals surface area contributed by atoms with E-state index in [4.69, 9.17) is 0 Å². The lowest BCUT2D eigenvalue weighted by atomic mass is 10.1. The molecule has 0 saturated carbocycles. The van der Waals surface area contributed by atoms with Crippen LogP contribution in [0.25, 0.3) is 0 Å². The number of ketones is 1. The van der Waals surface area contributed by atoms with E-state index in [1.54, 1.807) is 12.1 Å². The number of carbonyl (C=O) groups is 1. The van der Waals surface area contributed by atoms with Crippen LogP contribution in [-0.2, 0) is 6.54 Å². The van der Waals surface area contributed by atoms with Gasteiger partial charge < -0.3 is 0 Å². The van der Waals surface area contributed by atoms with Crippen molar-refractivity contribution in [1.82, 2.24) is 4.90 Å². The molecule has 104 valence electrons. The van der Waals surface area contributed by atoms with Crippen LogP contribution in [0.5, 0.6) is 0 Å². The second-order valence-corrected chi connectivity index (χ2v) is 5.00. The molecule has 2 aromatic rings. The summed E-state index contributed by atoms with van der Waals surface area (Å²) in [5.74, 6) is -0.652. The molecule has 2 rings (SSSR count). The van der Waals surface area contributed by atoms with Crippen LogP contribution in [0.15, 0.2) is 48.5 Å². The third-order valence-electron chi connectivity index (χ3n) is 3.29. The van der Waals surface area contributed by atoms with Crippen LogP contribution in [0.2, 0.25) is 0 Å². The number of nitrogens with zero attached hydrogens (tertiary/aromatic N) is 1. The molecule has 0 aromatic heterocycles. The summed E-state index contributed by atoms with van der Waals surface area (Å²) in [4.78, 5) is 14.0. The van der Waals surface area contributed by atoms with Gasteiger partial charge in [-0.1, -0.05) is 36.4 Å². The van der Waals surface area contributed by atoms with E-state index in [1.165, 1.54) is 23.3 Å². The van der Waals surface area contributed by atoms with Crippen molar-refractivity contribution in [2.75, 3.05) is 13.6 Å². The van der Waals surface area contributed by atoms with E-state index in [0.717, 1.165) is 0 Å². The molecule has 0 saturated heterocycles. The molecule has 0 unspecified atom stereocenters. The van der Waals surface area contributed by atoms with Crippen molar-refractivity contribution in [2.45, 2.75) is 13.5 Å². The number of halogens is 1. The zero-order valence-electron chi connectivity index (χ0n) is 11.8. The van der Waals surface area contributed by atoms with Crippen LogP contribution in [0.3, 0.4) is 0 Å². The van der Waals surface area contributed by atoms with E-state index in [0.29, 0.717) is 6.54 Å². The minimum Gasteiger partial charge on any atom is -0.295 e. The molecule has 2 nitrogen and oxygen atoms in total. The van der Waals surface area contributed by atoms with E-state index in [2.05, 4.69) is 0 Å². The Bertz CT molecular complexity index is 609. The van der Waals surface area contributed by atoms with Crippen molar-refractivity contribution < 1.29 is 9.18 Å². The van der Waals surface area contributed by atoms with Gasteiger partial charge in [0.1, 0.15) is 5.82 Å². The average molecular weight is 271 g/mol. The molecule has 3 heteroatoms. The largest absolute Gasteiger partial charge is 0.295 e. The first-order valence-corrected chi connectivity index (χ1v) is 6.58. The van der Waals surface area contributed by atoms with Crippen molar-refractivity contribution in [3.63, 3.8) is 0 Å². The molecule has 0 aliphatic carbocycles. The third-order valence-corrected chi connectivity index (χ3v) is 3.29. The maximum Gasteiger partial charge on any atom is 0.179 e. The third kappa shape index (κ3) is 3.52. The highest BCUT2D eigenvalue weighted by Gasteiger charge is 2.13. The lowest BCUT2D eigenvalue weighted by Gasteiger charge is -2.17. The summed E-state index contributed by atoms with van der Waals surface area (Å²) in [7, 11) is 1.87. The van der Waals surface area contributed by atoms with E-state index in [9.17, 15) is 9.18 Å². The maximum absolute atomic E-state index is 13.5. The molecule has 0 N–H and O–H groups in total. The summed E-state index contributed by atoms with van der Waals surface area (Å²) in [6.45, 7) is 2.92. The zero-order valence-corrected chi connectivity index (χ0v) is 11.8. The standard InChI is InChI=1S/C17H18FNO/c1-13-7-3-4-8-14(13)11-19(2)12-17(20)15-9-5-6-10-16(15)18/h3-10H,11-12H2,1-2H3. The highest BCUT2D eigenvalue weighted by molar-refractivity contribution is 5.97. The van der Waals surface area contributed by atoms with Gasteiger partial charge >= 0.3 is 0 Å². The van der Waals surface area contributed by atoms with E-state index in [1.807, 2.05) is 43.1 Å². The molecule has 0 bridgehead atoms. The van der Waals surface area contributed by atoms with Crippen LogP contribution >= 0.6 is 0 Å². The number of likely N-dealkylation sites (N-methyl/N-ethyl adjacent to an activating group) is 1. The smallest absolute Gasteiger partial charge is 0.179 e. The first-order valence-electron chi connectivity index (χ1n) is 6.58. The Labute approximate surface area is 118 Å². The van der Waals surface area contributed by atoms with Crippen LogP contribution < -0.4 is 0 Å². The van der Waals surface area contributed by atoms with Gasteiger partial charge in [-0.3, -0.25) is 9.69 Å². The molecule has 0 aliphatic heterocycles. The van der Waals surface area contributed by atoms with Gasteiger partial charge in [0.25, 0.3) is 0 Å². The van der Waals surface area contributed by atoms with E-state index >= 15 is 0 Å². The number of carbonyl (C=O) groups excluding carboxylic acids is 1. The average Bonchev–Trinajstić information content (AvgIpc) is 2.41. The molecule has 0 aliphatic rings. The summed E-state index contributed by atoms with van der Waals surface area (Å²) < 4.78 is 13.5. The Balaban J connectivity index is 2.02. The van der Waals surface area contributed by atoms with Crippen LogP contribution in [0, 0.1) is 12.7 Å². The van der Waals surface area contributed by atoms with Gasteiger partial charge in [-0.15, -0.1) is 0 Å². The Morgan fingerprint density at radius 3 is 2.45 bits per heavy atom. The first kappa shape index (κ1) is 14.4. The minimum absolute atomic E-state index is 0.157. The van der Waals surface area contributed by atoms with Crippen molar-refractivity contribution in [3.8, 4) is 0 Å². The first-order chi connectivity index (χ1) is 9.58. The van der Waals surface area contributed by atoms with Crippen LogP contribution in [0.1, 0.15) is 21.5 Å². The summed E-state index contributed by atoms with van der Waals surface area (Å²) in [6.07, 6.45) is 0. The lowest BCUT2D eigenvalue weighted by Crippen LogP contribution is -2.26. The van der Waals surface area contributed by atoms with Crippen LogP contribution in [0.4, 0.5) is 4.39 Å². The molecule has 20 heavy (non-hydrogen) atoms. The number of Topliss-reactive ketones (excluding diaryl/α,β-unsaturated/α-hetero) is 1. The van der Waals surface area contributed by atoms with Gasteiger partial charge in [-0.25, -0.2) is 4.39 Å². The lowest BCUT2D eigenvalue weighted by molar-refractivity contribution is 0.0939. The summed E-state index contributed by atoms with van der Waals surface area (Å²) >= 11 is 0. The van der Waals surface area contributed by atoms with Crippen molar-refractivity contribution >= 4 is 5.78 Å². The van der Waals surface area contributed by atoms with Gasteiger partial charge in [0.2, 0.25) is 0 Å². The summed E-state index contributed by atoms with van der Waals surface area (Å²) in [5, 5.41) is 0. The number of aryl methyl sites for hydroxylation is 1. The Morgan fingerprint density at radius 1 is 1.10 bits per heavy atom. The fourth-order valence-corrected chi connectivity index (χ4v) is 2.15. The fraction of sp³-hybridized carbons (Fsp3) is 0.235. The Morgan fingerprint density at radius 2 is 1.75 bits per heavy atom. The number of hydrogen-bond donors (Lipinski definition) is 0. The monoisotopic (exact) mass is 271 g/mol. The highest BCUT2D eigenvalue weighted by Crippen LogP contribution is 2.11. The number of rotatable bonds is 5. The van der Waals surface area contributed by atoms with Crippen LogP contribution in [-0.4, -0.2) is 24.3 Å². The quantitative estimate of drug-likeness (QED) is 0.776. The molecule has 0 atom stereocenters. The molecule has 0 radical (unpaired) electrons. The Hall–Kier alpha value is -2.00. The number of benzene rings is 2. The number of hydrogen-bond acceptors (Lipinski definition) is 2. The molecule has 0 heterocycles. The topological polar surface area (TPSA) is 20.3 Å². The molecular weight excluding hydrogens is 253 g/mol. The second-order valence-electron chi connectivity index (χ2n) is 5.00. The molecule has 0 fully saturated rings. The van der Waals surface area contributed by atoms with Gasteiger partial charge in [0, 0.05) is 6.54 Å². The predicted octanol–water partition coefficient (Wildman–Crippen LogP) is 3.45. The second kappa shape index (κ2) is 6.44. The molecule has 2 aromatic carbocycles. The van der Waals surface area contributed by atoms with Crippen molar-refractivity contribution in [2.24, 2.45) is 0 Å². The molecular formula is C17H18FNO. The van der Waals surface area contributed by atoms with E-state index < -0.39 is 5.82 Å². The highest BCUT2D eigenvalue weighted by atomic mass is 19.1. The maximum atomic E-state index is 13.5. The normalized spacial score (nSPS) is 10.8. The zero-order chi connectivity index (χ0) is 14.5. The van der Waals surface area contributed by atoms with Crippen molar-refractivity contribution in [3.05, 3.63) is 71.0 Å². The molecule has 0 spiro atoms. The molecule has 0 amide bonds. The Kier molecular flexibility index (Phi) is 4.64. The summed E-state index contributed by atoms with van der Waals surface area (Å²) in [6, 6.07) is 14.2. The SMILES string of the molecule is Cc1ccccc1CN(C)CC(=O)c1ccccc1F. The van der Waals surface area contributed by atoms with Gasteiger partial charge in [0.05, 0.1) is 12.1 Å². The van der Waals surface area contributed by atoms with Gasteiger partial charge in [-0.05, 0) is 37.2 Å². The summed E-state index contributed by atoms with van der Waals surface area (Å²) in [5.41, 5.74) is 2.53. The van der Waals surface area contributed by atoms with Gasteiger partial charge in [-0.2, -0.15) is 0 Å². The van der Waals surface area contributed by atoms with Crippen molar-refractivity contribution in [1.29, 1.82) is 0 Å². The minimum atomic E-state index is -0.457.